The molecule has 0 aromatic heterocycles. The quantitative estimate of drug-likeness (QED) is 0.889. The molecule has 3 heteroatoms. The van der Waals surface area contributed by atoms with Gasteiger partial charge in [0.2, 0.25) is 5.91 Å². The molecule has 0 saturated carbocycles. The fourth-order valence-corrected chi connectivity index (χ4v) is 3.12. The number of piperidine rings is 1. The lowest BCUT2D eigenvalue weighted by molar-refractivity contribution is -0.123. The van der Waals surface area contributed by atoms with Crippen LogP contribution in [0.3, 0.4) is 0 Å². The first-order valence-electron chi connectivity index (χ1n) is 7.61. The number of carbonyl (C=O) groups is 1. The van der Waals surface area contributed by atoms with E-state index in [1.807, 2.05) is 6.92 Å². The zero-order valence-corrected chi connectivity index (χ0v) is 13.0. The van der Waals surface area contributed by atoms with E-state index in [0.29, 0.717) is 12.5 Å². The number of amides is 1. The molecule has 2 rings (SSSR count). The minimum atomic E-state index is -0.0466. The molecule has 110 valence electrons. The van der Waals surface area contributed by atoms with Crippen molar-refractivity contribution in [1.29, 1.82) is 0 Å². The van der Waals surface area contributed by atoms with Crippen LogP contribution >= 0.6 is 0 Å². The van der Waals surface area contributed by atoms with E-state index in [2.05, 4.69) is 43.5 Å². The van der Waals surface area contributed by atoms with Crippen LogP contribution in [0.5, 0.6) is 0 Å². The summed E-state index contributed by atoms with van der Waals surface area (Å²) in [4.78, 5) is 12.0. The maximum atomic E-state index is 12.0. The van der Waals surface area contributed by atoms with Crippen molar-refractivity contribution in [1.82, 2.24) is 10.6 Å². The Bertz CT molecular complexity index is 496. The van der Waals surface area contributed by atoms with Gasteiger partial charge in [0.05, 0.1) is 6.04 Å². The number of aryl methyl sites for hydroxylation is 3. The van der Waals surface area contributed by atoms with Crippen molar-refractivity contribution < 1.29 is 4.79 Å². The van der Waals surface area contributed by atoms with Crippen LogP contribution in [0.4, 0.5) is 0 Å². The second-order valence-electron chi connectivity index (χ2n) is 5.92. The van der Waals surface area contributed by atoms with E-state index < -0.39 is 0 Å². The van der Waals surface area contributed by atoms with Gasteiger partial charge in [-0.1, -0.05) is 12.1 Å². The minimum absolute atomic E-state index is 0.0466. The molecule has 3 nitrogen and oxygen atoms in total. The fourth-order valence-electron chi connectivity index (χ4n) is 3.12. The summed E-state index contributed by atoms with van der Waals surface area (Å²) in [7, 11) is 0. The Kier molecular flexibility index (Phi) is 4.81. The predicted molar refractivity (Wildman–Crippen MR) is 83.1 cm³/mol. The van der Waals surface area contributed by atoms with Gasteiger partial charge in [0.15, 0.2) is 0 Å². The molecule has 20 heavy (non-hydrogen) atoms. The Hall–Kier alpha value is -1.35. The number of hydrogen-bond acceptors (Lipinski definition) is 2. The van der Waals surface area contributed by atoms with Crippen molar-refractivity contribution >= 4 is 5.91 Å². The second kappa shape index (κ2) is 6.40. The molecular formula is C17H26N2O. The molecule has 2 N–H and O–H groups in total. The fraction of sp³-hybridized carbons (Fsp3) is 0.588. The summed E-state index contributed by atoms with van der Waals surface area (Å²) in [6.07, 6.45) is 2.01. The molecule has 1 amide bonds. The Morgan fingerprint density at radius 2 is 1.95 bits per heavy atom. The van der Waals surface area contributed by atoms with Gasteiger partial charge in [0.25, 0.3) is 0 Å². The van der Waals surface area contributed by atoms with Gasteiger partial charge in [0.1, 0.15) is 0 Å². The number of likely N-dealkylation sites (N-methyl/N-ethyl adjacent to an activating group) is 1. The van der Waals surface area contributed by atoms with Gasteiger partial charge in [-0.3, -0.25) is 4.79 Å². The van der Waals surface area contributed by atoms with Crippen molar-refractivity contribution in [3.05, 3.63) is 34.4 Å². The molecule has 0 bridgehead atoms. The highest BCUT2D eigenvalue weighted by atomic mass is 16.2. The molecule has 1 saturated heterocycles. The molecule has 2 unspecified atom stereocenters. The van der Waals surface area contributed by atoms with Gasteiger partial charge in [-0.2, -0.15) is 0 Å². The summed E-state index contributed by atoms with van der Waals surface area (Å²) in [6.45, 7) is 10.1. The molecule has 1 heterocycles. The Morgan fingerprint density at radius 3 is 2.65 bits per heavy atom. The van der Waals surface area contributed by atoms with Crippen LogP contribution in [-0.2, 0) is 4.79 Å². The minimum Gasteiger partial charge on any atom is -0.355 e. The second-order valence-corrected chi connectivity index (χ2v) is 5.92. The lowest BCUT2D eigenvalue weighted by atomic mass is 9.82. The average Bonchev–Trinajstić information content (AvgIpc) is 2.43. The normalized spacial score (nSPS) is 22.6. The molecule has 1 fully saturated rings. The predicted octanol–water partition coefficient (Wildman–Crippen LogP) is 2.58. The van der Waals surface area contributed by atoms with Crippen LogP contribution < -0.4 is 10.6 Å². The van der Waals surface area contributed by atoms with Crippen LogP contribution in [0.2, 0.25) is 0 Å². The molecule has 1 aliphatic heterocycles. The highest BCUT2D eigenvalue weighted by Crippen LogP contribution is 2.31. The van der Waals surface area contributed by atoms with E-state index in [1.165, 1.54) is 22.3 Å². The summed E-state index contributed by atoms with van der Waals surface area (Å²) in [6, 6.07) is 4.54. The van der Waals surface area contributed by atoms with Crippen LogP contribution in [0.1, 0.15) is 47.9 Å². The van der Waals surface area contributed by atoms with Crippen molar-refractivity contribution in [3.8, 4) is 0 Å². The van der Waals surface area contributed by atoms with Crippen LogP contribution in [0, 0.1) is 20.8 Å². The summed E-state index contributed by atoms with van der Waals surface area (Å²) >= 11 is 0. The Labute approximate surface area is 122 Å². The largest absolute Gasteiger partial charge is 0.355 e. The molecular weight excluding hydrogens is 248 g/mol. The Morgan fingerprint density at radius 1 is 1.25 bits per heavy atom. The highest BCUT2D eigenvalue weighted by molar-refractivity contribution is 5.81. The summed E-state index contributed by atoms with van der Waals surface area (Å²) in [5, 5.41) is 6.26. The first-order valence-corrected chi connectivity index (χ1v) is 7.61. The standard InChI is InChI=1S/C17H26N2O/c1-5-18-17(20)16-10-14(6-7-19-16)15-9-12(3)11(2)8-13(15)4/h8-9,14,16,19H,5-7,10H2,1-4H3,(H,18,20). The van der Waals surface area contributed by atoms with Gasteiger partial charge in [0, 0.05) is 6.54 Å². The monoisotopic (exact) mass is 274 g/mol. The van der Waals surface area contributed by atoms with E-state index in [4.69, 9.17) is 0 Å². The first kappa shape index (κ1) is 15.0. The van der Waals surface area contributed by atoms with Crippen LogP contribution in [0.25, 0.3) is 0 Å². The Balaban J connectivity index is 2.17. The maximum absolute atomic E-state index is 12.0. The third-order valence-electron chi connectivity index (χ3n) is 4.39. The van der Waals surface area contributed by atoms with Gasteiger partial charge in [-0.15, -0.1) is 0 Å². The van der Waals surface area contributed by atoms with E-state index in [1.54, 1.807) is 0 Å². The number of rotatable bonds is 3. The zero-order valence-electron chi connectivity index (χ0n) is 13.0. The van der Waals surface area contributed by atoms with Gasteiger partial charge in [-0.25, -0.2) is 0 Å². The number of hydrogen-bond donors (Lipinski definition) is 2. The number of nitrogens with one attached hydrogen (secondary N) is 2. The molecule has 2 atom stereocenters. The topological polar surface area (TPSA) is 41.1 Å². The molecule has 1 aromatic carbocycles. The van der Waals surface area contributed by atoms with E-state index in [9.17, 15) is 4.79 Å². The lowest BCUT2D eigenvalue weighted by Gasteiger charge is -2.31. The van der Waals surface area contributed by atoms with Gasteiger partial charge >= 0.3 is 0 Å². The first-order chi connectivity index (χ1) is 9.52. The van der Waals surface area contributed by atoms with E-state index >= 15 is 0 Å². The molecule has 1 aromatic rings. The summed E-state index contributed by atoms with van der Waals surface area (Å²) in [5.74, 6) is 0.627. The van der Waals surface area contributed by atoms with Crippen LogP contribution in [0.15, 0.2) is 12.1 Å². The smallest absolute Gasteiger partial charge is 0.237 e. The van der Waals surface area contributed by atoms with Crippen molar-refractivity contribution in [3.63, 3.8) is 0 Å². The third-order valence-corrected chi connectivity index (χ3v) is 4.39. The SMILES string of the molecule is CCNC(=O)C1CC(c2cc(C)c(C)cc2C)CCN1. The summed E-state index contributed by atoms with van der Waals surface area (Å²) in [5.41, 5.74) is 5.47. The van der Waals surface area contributed by atoms with Gasteiger partial charge in [-0.05, 0) is 75.3 Å². The molecule has 0 spiro atoms. The number of benzene rings is 1. The third kappa shape index (κ3) is 3.21. The van der Waals surface area contributed by atoms with E-state index in [-0.39, 0.29) is 11.9 Å². The maximum Gasteiger partial charge on any atom is 0.237 e. The highest BCUT2D eigenvalue weighted by Gasteiger charge is 2.28. The van der Waals surface area contributed by atoms with Crippen molar-refractivity contribution in [2.45, 2.75) is 52.5 Å². The van der Waals surface area contributed by atoms with Crippen LogP contribution in [-0.4, -0.2) is 25.0 Å². The molecule has 0 aliphatic carbocycles. The molecule has 1 aliphatic rings. The average molecular weight is 274 g/mol. The van der Waals surface area contributed by atoms with Gasteiger partial charge < -0.3 is 10.6 Å². The molecule has 0 radical (unpaired) electrons. The van der Waals surface area contributed by atoms with Crippen molar-refractivity contribution in [2.24, 2.45) is 0 Å². The number of carbonyl (C=O) groups excluding carboxylic acids is 1. The summed E-state index contributed by atoms with van der Waals surface area (Å²) < 4.78 is 0. The zero-order chi connectivity index (χ0) is 14.7. The van der Waals surface area contributed by atoms with Crippen molar-refractivity contribution in [2.75, 3.05) is 13.1 Å². The lowest BCUT2D eigenvalue weighted by Crippen LogP contribution is -2.48. The van der Waals surface area contributed by atoms with E-state index in [0.717, 1.165) is 19.4 Å².